The Balaban J connectivity index is 2.35. The molecule has 2 rings (SSSR count). The van der Waals surface area contributed by atoms with Crippen LogP contribution in [0, 0.1) is 10.8 Å². The first-order valence-electron chi connectivity index (χ1n) is 6.84. The van der Waals surface area contributed by atoms with Crippen molar-refractivity contribution in [3.8, 4) is 0 Å². The van der Waals surface area contributed by atoms with E-state index in [1.54, 1.807) is 13.8 Å². The Hall–Kier alpha value is -1.47. The standard InChI is InChI=1S/C13H20N2O5/c1-3-19-10(17)12-5-14-7-13(9(12)16,8-15-6-12)11(18)20-4-2/h14-15H,3-8H2,1-2H3. The lowest BCUT2D eigenvalue weighted by atomic mass is 9.63. The molecule has 0 spiro atoms. The third kappa shape index (κ3) is 2.01. The van der Waals surface area contributed by atoms with Gasteiger partial charge >= 0.3 is 11.9 Å². The molecule has 2 heterocycles. The second-order valence-corrected chi connectivity index (χ2v) is 5.14. The van der Waals surface area contributed by atoms with Gasteiger partial charge in [-0.1, -0.05) is 0 Å². The van der Waals surface area contributed by atoms with Gasteiger partial charge < -0.3 is 20.1 Å². The average Bonchev–Trinajstić information content (AvgIpc) is 2.39. The van der Waals surface area contributed by atoms with E-state index in [0.29, 0.717) is 0 Å². The second-order valence-electron chi connectivity index (χ2n) is 5.14. The second kappa shape index (κ2) is 5.49. The summed E-state index contributed by atoms with van der Waals surface area (Å²) in [6, 6.07) is 0. The van der Waals surface area contributed by atoms with Crippen LogP contribution in [0.1, 0.15) is 13.8 Å². The number of esters is 2. The summed E-state index contributed by atoms with van der Waals surface area (Å²) >= 11 is 0. The number of piperidine rings is 2. The summed E-state index contributed by atoms with van der Waals surface area (Å²) in [6.07, 6.45) is 0. The summed E-state index contributed by atoms with van der Waals surface area (Å²) in [5.74, 6) is -1.56. The highest BCUT2D eigenvalue weighted by atomic mass is 16.5. The van der Waals surface area contributed by atoms with Gasteiger partial charge in [0.2, 0.25) is 0 Å². The predicted molar refractivity (Wildman–Crippen MR) is 68.9 cm³/mol. The van der Waals surface area contributed by atoms with Gasteiger partial charge in [-0.2, -0.15) is 0 Å². The number of Topliss-reactive ketones (excluding diaryl/α,β-unsaturated/α-hetero) is 1. The number of nitrogens with one attached hydrogen (secondary N) is 2. The lowest BCUT2D eigenvalue weighted by Gasteiger charge is -2.47. The van der Waals surface area contributed by atoms with Crippen LogP contribution in [0.5, 0.6) is 0 Å². The molecule has 2 aliphatic heterocycles. The Morgan fingerprint density at radius 3 is 1.60 bits per heavy atom. The van der Waals surface area contributed by atoms with Gasteiger partial charge in [0.15, 0.2) is 16.6 Å². The molecule has 2 aliphatic rings. The summed E-state index contributed by atoms with van der Waals surface area (Å²) in [6.45, 7) is 4.48. The zero-order chi connectivity index (χ0) is 14.8. The zero-order valence-corrected chi connectivity index (χ0v) is 11.8. The molecule has 0 saturated carbocycles. The molecule has 112 valence electrons. The van der Waals surface area contributed by atoms with Gasteiger partial charge in [-0.25, -0.2) is 0 Å². The van der Waals surface area contributed by atoms with E-state index in [1.807, 2.05) is 0 Å². The number of ether oxygens (including phenoxy) is 2. The minimum atomic E-state index is -1.33. The van der Waals surface area contributed by atoms with Crippen molar-refractivity contribution in [1.29, 1.82) is 0 Å². The Morgan fingerprint density at radius 2 is 1.30 bits per heavy atom. The monoisotopic (exact) mass is 284 g/mol. The minimum absolute atomic E-state index is 0.179. The van der Waals surface area contributed by atoms with Crippen molar-refractivity contribution in [2.45, 2.75) is 13.8 Å². The first-order valence-corrected chi connectivity index (χ1v) is 6.84. The fourth-order valence-corrected chi connectivity index (χ4v) is 2.90. The van der Waals surface area contributed by atoms with Crippen molar-refractivity contribution in [2.24, 2.45) is 10.8 Å². The van der Waals surface area contributed by atoms with Crippen molar-refractivity contribution >= 4 is 17.7 Å². The SMILES string of the molecule is CCOC(=O)C12CNCC(C(=O)OCC)(CNC1)C2=O. The van der Waals surface area contributed by atoms with Crippen molar-refractivity contribution in [2.75, 3.05) is 39.4 Å². The number of hydrogen-bond acceptors (Lipinski definition) is 7. The molecule has 0 radical (unpaired) electrons. The molecule has 0 aromatic carbocycles. The highest BCUT2D eigenvalue weighted by Gasteiger charge is 2.64. The normalized spacial score (nSPS) is 32.6. The number of hydrogen-bond donors (Lipinski definition) is 2. The highest BCUT2D eigenvalue weighted by Crippen LogP contribution is 2.38. The van der Waals surface area contributed by atoms with E-state index in [2.05, 4.69) is 10.6 Å². The Morgan fingerprint density at radius 1 is 0.950 bits per heavy atom. The van der Waals surface area contributed by atoms with Crippen molar-refractivity contribution in [3.05, 3.63) is 0 Å². The van der Waals surface area contributed by atoms with Crippen LogP contribution in [0.15, 0.2) is 0 Å². The van der Waals surface area contributed by atoms with Gasteiger partial charge in [0.1, 0.15) is 0 Å². The maximum atomic E-state index is 12.8. The van der Waals surface area contributed by atoms with E-state index in [0.717, 1.165) is 0 Å². The third-order valence-corrected chi connectivity index (χ3v) is 3.91. The van der Waals surface area contributed by atoms with E-state index < -0.39 is 22.8 Å². The quantitative estimate of drug-likeness (QED) is 0.498. The van der Waals surface area contributed by atoms with E-state index in [1.165, 1.54) is 0 Å². The lowest BCUT2D eigenvalue weighted by Crippen LogP contribution is -2.73. The van der Waals surface area contributed by atoms with Crippen LogP contribution >= 0.6 is 0 Å². The maximum Gasteiger partial charge on any atom is 0.322 e. The summed E-state index contributed by atoms with van der Waals surface area (Å²) in [7, 11) is 0. The van der Waals surface area contributed by atoms with Crippen LogP contribution in [0.3, 0.4) is 0 Å². The summed E-state index contributed by atoms with van der Waals surface area (Å²) in [5.41, 5.74) is -2.67. The summed E-state index contributed by atoms with van der Waals surface area (Å²) in [5, 5.41) is 6.03. The molecule has 0 aromatic heterocycles. The van der Waals surface area contributed by atoms with Crippen molar-refractivity contribution in [1.82, 2.24) is 10.6 Å². The van der Waals surface area contributed by atoms with Crippen LogP contribution in [-0.2, 0) is 23.9 Å². The van der Waals surface area contributed by atoms with Crippen LogP contribution in [0.2, 0.25) is 0 Å². The van der Waals surface area contributed by atoms with E-state index in [-0.39, 0.29) is 45.2 Å². The molecule has 0 aromatic rings. The number of rotatable bonds is 4. The van der Waals surface area contributed by atoms with Gasteiger partial charge in [0.25, 0.3) is 0 Å². The Bertz CT molecular complexity index is 388. The van der Waals surface area contributed by atoms with Crippen LogP contribution in [0.25, 0.3) is 0 Å². The largest absolute Gasteiger partial charge is 0.465 e. The summed E-state index contributed by atoms with van der Waals surface area (Å²) < 4.78 is 10.0. The van der Waals surface area contributed by atoms with Crippen molar-refractivity contribution in [3.63, 3.8) is 0 Å². The zero-order valence-electron chi connectivity index (χ0n) is 11.8. The molecule has 0 amide bonds. The van der Waals surface area contributed by atoms with Gasteiger partial charge in [-0.15, -0.1) is 0 Å². The maximum absolute atomic E-state index is 12.8. The molecule has 0 atom stereocenters. The molecule has 2 bridgehead atoms. The number of carbonyl (C=O) groups is 3. The minimum Gasteiger partial charge on any atom is -0.465 e. The molecular formula is C13H20N2O5. The van der Waals surface area contributed by atoms with Crippen LogP contribution in [0.4, 0.5) is 0 Å². The molecule has 0 aliphatic carbocycles. The van der Waals surface area contributed by atoms with E-state index in [4.69, 9.17) is 9.47 Å². The number of carbonyl (C=O) groups excluding carboxylic acids is 3. The molecule has 2 fully saturated rings. The average molecular weight is 284 g/mol. The van der Waals surface area contributed by atoms with Crippen LogP contribution in [-0.4, -0.2) is 57.1 Å². The molecule has 2 N–H and O–H groups in total. The topological polar surface area (TPSA) is 93.7 Å². The number of fused-ring (bicyclic) bond motifs is 2. The van der Waals surface area contributed by atoms with Crippen molar-refractivity contribution < 1.29 is 23.9 Å². The molecule has 7 nitrogen and oxygen atoms in total. The molecular weight excluding hydrogens is 264 g/mol. The molecule has 2 saturated heterocycles. The molecule has 7 heteroatoms. The first kappa shape index (κ1) is 14.9. The first-order chi connectivity index (χ1) is 9.53. The van der Waals surface area contributed by atoms with E-state index >= 15 is 0 Å². The Kier molecular flexibility index (Phi) is 4.10. The predicted octanol–water partition coefficient (Wildman–Crippen LogP) is -1.14. The fraction of sp³-hybridized carbons (Fsp3) is 0.769. The molecule has 0 unspecified atom stereocenters. The smallest absolute Gasteiger partial charge is 0.322 e. The van der Waals surface area contributed by atoms with Gasteiger partial charge in [-0.05, 0) is 13.8 Å². The lowest BCUT2D eigenvalue weighted by molar-refractivity contribution is -0.176. The third-order valence-electron chi connectivity index (χ3n) is 3.91. The summed E-state index contributed by atoms with van der Waals surface area (Å²) in [4.78, 5) is 37.2. The number of ketones is 1. The van der Waals surface area contributed by atoms with Gasteiger partial charge in [0.05, 0.1) is 13.2 Å². The Labute approximate surface area is 117 Å². The highest BCUT2D eigenvalue weighted by molar-refractivity contribution is 6.16. The molecule has 20 heavy (non-hydrogen) atoms. The van der Waals surface area contributed by atoms with E-state index in [9.17, 15) is 14.4 Å². The fourth-order valence-electron chi connectivity index (χ4n) is 2.90. The van der Waals surface area contributed by atoms with Crippen LogP contribution < -0.4 is 10.6 Å². The van der Waals surface area contributed by atoms with Gasteiger partial charge in [-0.3, -0.25) is 14.4 Å². The van der Waals surface area contributed by atoms with Gasteiger partial charge in [0, 0.05) is 26.2 Å².